The van der Waals surface area contributed by atoms with E-state index in [1.54, 1.807) is 12.3 Å². The summed E-state index contributed by atoms with van der Waals surface area (Å²) >= 11 is 5.98. The molecule has 1 aromatic carbocycles. The summed E-state index contributed by atoms with van der Waals surface area (Å²) in [5.41, 5.74) is 0.684. The summed E-state index contributed by atoms with van der Waals surface area (Å²) in [7, 11) is 0. The van der Waals surface area contributed by atoms with Crippen molar-refractivity contribution >= 4 is 22.5 Å². The molecule has 2 heterocycles. The van der Waals surface area contributed by atoms with E-state index in [2.05, 4.69) is 9.89 Å². The molecule has 0 amide bonds. The highest BCUT2D eigenvalue weighted by Crippen LogP contribution is 2.15. The Morgan fingerprint density at radius 2 is 2.00 bits per heavy atom. The number of aromatic nitrogens is 1. The van der Waals surface area contributed by atoms with E-state index < -0.39 is 0 Å². The molecule has 0 radical (unpaired) electrons. The van der Waals surface area contributed by atoms with Crippen molar-refractivity contribution in [3.8, 4) is 0 Å². The van der Waals surface area contributed by atoms with Crippen LogP contribution in [0.5, 0.6) is 0 Å². The second-order valence-corrected chi connectivity index (χ2v) is 5.93. The van der Waals surface area contributed by atoms with Gasteiger partial charge in [-0.05, 0) is 63.2 Å². The first kappa shape index (κ1) is 14.4. The highest BCUT2D eigenvalue weighted by molar-refractivity contribution is 6.31. The fourth-order valence-electron chi connectivity index (χ4n) is 2.86. The van der Waals surface area contributed by atoms with Crippen molar-refractivity contribution in [2.24, 2.45) is 4.99 Å². The summed E-state index contributed by atoms with van der Waals surface area (Å²) in [6.07, 6.45) is 5.34. The summed E-state index contributed by atoms with van der Waals surface area (Å²) < 4.78 is 1.09. The van der Waals surface area contributed by atoms with Gasteiger partial charge >= 0.3 is 0 Å². The maximum atomic E-state index is 9.84. The Hall–Kier alpha value is -1.52. The Kier molecular flexibility index (Phi) is 4.46. The molecule has 3 rings (SSSR count). The van der Waals surface area contributed by atoms with E-state index in [1.807, 2.05) is 18.2 Å². The van der Waals surface area contributed by atoms with Gasteiger partial charge in [0.2, 0.25) is 0 Å². The maximum absolute atomic E-state index is 9.84. The second kappa shape index (κ2) is 6.50. The average Bonchev–Trinajstić information content (AvgIpc) is 2.99. The lowest BCUT2D eigenvalue weighted by Gasteiger charge is -2.12. The van der Waals surface area contributed by atoms with Crippen LogP contribution >= 0.6 is 11.6 Å². The van der Waals surface area contributed by atoms with E-state index >= 15 is 0 Å². The van der Waals surface area contributed by atoms with Gasteiger partial charge in [0.25, 0.3) is 0 Å². The number of pyridine rings is 1. The van der Waals surface area contributed by atoms with Crippen LogP contribution in [0.4, 0.5) is 0 Å². The molecule has 1 aliphatic rings. The minimum atomic E-state index is 0.608. The van der Waals surface area contributed by atoms with Crippen LogP contribution in [0.1, 0.15) is 19.3 Å². The molecular formula is C16H20ClN3O. The minimum Gasteiger partial charge on any atom is -0.428 e. The van der Waals surface area contributed by atoms with Crippen LogP contribution in [0, 0.1) is 0 Å². The molecule has 0 saturated carbocycles. The van der Waals surface area contributed by atoms with Gasteiger partial charge in [0.1, 0.15) is 0 Å². The van der Waals surface area contributed by atoms with Gasteiger partial charge in [0, 0.05) is 23.2 Å². The van der Waals surface area contributed by atoms with E-state index in [-0.39, 0.29) is 0 Å². The molecule has 0 spiro atoms. The molecule has 5 heteroatoms. The molecule has 112 valence electrons. The minimum absolute atomic E-state index is 0.608. The van der Waals surface area contributed by atoms with Gasteiger partial charge in [-0.3, -0.25) is 4.99 Å². The van der Waals surface area contributed by atoms with Crippen molar-refractivity contribution in [3.05, 3.63) is 40.8 Å². The zero-order chi connectivity index (χ0) is 14.7. The van der Waals surface area contributed by atoms with E-state index in [9.17, 15) is 5.21 Å². The summed E-state index contributed by atoms with van der Waals surface area (Å²) in [6, 6.07) is 7.32. The van der Waals surface area contributed by atoms with Gasteiger partial charge in [0.15, 0.2) is 0 Å². The average molecular weight is 306 g/mol. The zero-order valence-corrected chi connectivity index (χ0v) is 12.8. The first-order valence-electron chi connectivity index (χ1n) is 7.47. The van der Waals surface area contributed by atoms with Crippen LogP contribution in [0.3, 0.4) is 0 Å². The van der Waals surface area contributed by atoms with Crippen molar-refractivity contribution < 1.29 is 5.21 Å². The molecule has 1 saturated heterocycles. The highest BCUT2D eigenvalue weighted by Gasteiger charge is 2.09. The second-order valence-electron chi connectivity index (χ2n) is 5.49. The molecule has 21 heavy (non-hydrogen) atoms. The van der Waals surface area contributed by atoms with Gasteiger partial charge < -0.3 is 10.1 Å². The van der Waals surface area contributed by atoms with Crippen molar-refractivity contribution in [3.63, 3.8) is 0 Å². The zero-order valence-electron chi connectivity index (χ0n) is 12.0. The molecule has 0 bridgehead atoms. The van der Waals surface area contributed by atoms with Crippen molar-refractivity contribution in [1.82, 2.24) is 9.63 Å². The predicted molar refractivity (Wildman–Crippen MR) is 84.9 cm³/mol. The highest BCUT2D eigenvalue weighted by atomic mass is 35.5. The Balaban J connectivity index is 1.76. The number of fused-ring (bicyclic) bond motifs is 1. The van der Waals surface area contributed by atoms with E-state index in [0.29, 0.717) is 10.5 Å². The summed E-state index contributed by atoms with van der Waals surface area (Å²) in [5, 5.41) is 12.3. The quantitative estimate of drug-likeness (QED) is 0.697. The molecular weight excluding hydrogens is 286 g/mol. The Morgan fingerprint density at radius 3 is 2.81 bits per heavy atom. The number of hydrogen-bond acceptors (Lipinski definition) is 3. The van der Waals surface area contributed by atoms with E-state index in [4.69, 9.17) is 11.6 Å². The first-order valence-corrected chi connectivity index (χ1v) is 7.85. The topological polar surface area (TPSA) is 40.8 Å². The first-order chi connectivity index (χ1) is 10.2. The lowest BCUT2D eigenvalue weighted by atomic mass is 10.2. The molecule has 1 fully saturated rings. The van der Waals surface area contributed by atoms with Gasteiger partial charge in [0.05, 0.1) is 10.9 Å². The van der Waals surface area contributed by atoms with Crippen LogP contribution in [-0.4, -0.2) is 41.0 Å². The largest absolute Gasteiger partial charge is 0.428 e. The predicted octanol–water partition coefficient (Wildman–Crippen LogP) is 2.92. The normalized spacial score (nSPS) is 16.9. The summed E-state index contributed by atoms with van der Waals surface area (Å²) in [5.74, 6) is 0. The number of halogens is 1. The summed E-state index contributed by atoms with van der Waals surface area (Å²) in [6.45, 7) is 4.40. The van der Waals surface area contributed by atoms with Crippen LogP contribution in [0.25, 0.3) is 10.9 Å². The number of hydrogen-bond donors (Lipinski definition) is 1. The van der Waals surface area contributed by atoms with Gasteiger partial charge in [-0.1, -0.05) is 11.6 Å². The van der Waals surface area contributed by atoms with Crippen molar-refractivity contribution in [1.29, 1.82) is 0 Å². The van der Waals surface area contributed by atoms with Crippen molar-refractivity contribution in [2.45, 2.75) is 19.3 Å². The number of rotatable bonds is 4. The molecule has 0 unspecified atom stereocenters. The number of nitrogens with zero attached hydrogens (tertiary/aromatic N) is 3. The lowest BCUT2D eigenvalue weighted by Crippen LogP contribution is -2.21. The van der Waals surface area contributed by atoms with Gasteiger partial charge in [-0.2, -0.15) is 4.73 Å². The third kappa shape index (κ3) is 3.39. The fraction of sp³-hybridized carbons (Fsp3) is 0.438. The third-order valence-corrected chi connectivity index (χ3v) is 4.20. The molecule has 0 atom stereocenters. The Morgan fingerprint density at radius 1 is 1.19 bits per heavy atom. The number of likely N-dealkylation sites (tertiary alicyclic amines) is 1. The van der Waals surface area contributed by atoms with E-state index in [0.717, 1.165) is 35.0 Å². The molecule has 2 aromatic rings. The lowest BCUT2D eigenvalue weighted by molar-refractivity contribution is 0.198. The van der Waals surface area contributed by atoms with Crippen LogP contribution < -0.4 is 5.36 Å². The van der Waals surface area contributed by atoms with Crippen molar-refractivity contribution in [2.75, 3.05) is 26.2 Å². The van der Waals surface area contributed by atoms with Gasteiger partial charge in [-0.25, -0.2) is 0 Å². The Labute approximate surface area is 129 Å². The molecule has 1 aliphatic heterocycles. The van der Waals surface area contributed by atoms with Crippen LogP contribution in [0.15, 0.2) is 35.5 Å². The molecule has 1 aromatic heterocycles. The molecule has 1 N–H and O–H groups in total. The smallest absolute Gasteiger partial charge is 0.0901 e. The molecule has 4 nitrogen and oxygen atoms in total. The Bertz CT molecular complexity index is 689. The monoisotopic (exact) mass is 305 g/mol. The van der Waals surface area contributed by atoms with Crippen LogP contribution in [0.2, 0.25) is 5.02 Å². The standard InChI is InChI=1S/C16H20ClN3O/c17-13-4-5-14-15(6-11-20(21)16(14)12-13)18-7-3-10-19-8-1-2-9-19/h4-6,11-12,21H,1-3,7-10H2. The summed E-state index contributed by atoms with van der Waals surface area (Å²) in [4.78, 5) is 7.17. The molecule has 0 aliphatic carbocycles. The van der Waals surface area contributed by atoms with E-state index in [1.165, 1.54) is 25.9 Å². The van der Waals surface area contributed by atoms with Gasteiger partial charge in [-0.15, -0.1) is 0 Å². The maximum Gasteiger partial charge on any atom is 0.0901 e. The fourth-order valence-corrected chi connectivity index (χ4v) is 3.03. The number of benzene rings is 1. The third-order valence-electron chi connectivity index (χ3n) is 3.97. The SMILES string of the molecule is On1ccc(=NCCCN2CCCC2)c2ccc(Cl)cc21. The van der Waals surface area contributed by atoms with Crippen LogP contribution in [-0.2, 0) is 0 Å².